The molecule has 0 radical (unpaired) electrons. The van der Waals surface area contributed by atoms with Gasteiger partial charge in [-0.1, -0.05) is 0 Å². The van der Waals surface area contributed by atoms with E-state index >= 15 is 0 Å². The molecule has 0 aliphatic rings. The average molecular weight is 271 g/mol. The van der Waals surface area contributed by atoms with E-state index in [-0.39, 0.29) is 5.69 Å². The number of aromatic carboxylic acids is 1. The van der Waals surface area contributed by atoms with Crippen molar-refractivity contribution in [1.82, 2.24) is 4.98 Å². The summed E-state index contributed by atoms with van der Waals surface area (Å²) in [6, 6.07) is 0. The number of carboxylic acid groups (broad SMARTS) is 1. The zero-order valence-electron chi connectivity index (χ0n) is 8.76. The van der Waals surface area contributed by atoms with Gasteiger partial charge in [0.1, 0.15) is 0 Å². The van der Waals surface area contributed by atoms with Crippen molar-refractivity contribution in [2.24, 2.45) is 0 Å². The average Bonchev–Trinajstić information content (AvgIpc) is 2.17. The zero-order chi connectivity index (χ0) is 14.1. The molecule has 18 heavy (non-hydrogen) atoms. The van der Waals surface area contributed by atoms with E-state index in [0.29, 0.717) is 6.20 Å². The molecule has 4 nitrogen and oxygen atoms in total. The fourth-order valence-corrected chi connectivity index (χ4v) is 1.30. The fraction of sp³-hybridized carbons (Fsp3) is 0.333. The van der Waals surface area contributed by atoms with Gasteiger partial charge in [0.05, 0.1) is 23.0 Å². The first-order valence-corrected chi connectivity index (χ1v) is 4.40. The topological polar surface area (TPSA) is 59.4 Å². The molecule has 1 rings (SSSR count). The second-order valence-electron chi connectivity index (χ2n) is 3.15. The van der Waals surface area contributed by atoms with E-state index in [1.807, 2.05) is 0 Å². The molecule has 0 fully saturated rings. The summed E-state index contributed by atoms with van der Waals surface area (Å²) in [7, 11) is 0. The lowest BCUT2D eigenvalue weighted by Gasteiger charge is -2.15. The Morgan fingerprint density at radius 2 is 2.00 bits per heavy atom. The van der Waals surface area contributed by atoms with Crippen LogP contribution in [0.25, 0.3) is 0 Å². The van der Waals surface area contributed by atoms with Crippen molar-refractivity contribution in [3.8, 4) is 5.75 Å². The SMILES string of the molecule is Cc1ncc(OC(F)(F)F)c(C(F)F)c1C(=O)O. The van der Waals surface area contributed by atoms with Gasteiger partial charge in [0, 0.05) is 0 Å². The third-order valence-electron chi connectivity index (χ3n) is 1.93. The first-order valence-electron chi connectivity index (χ1n) is 4.40. The summed E-state index contributed by atoms with van der Waals surface area (Å²) in [5.74, 6) is -3.12. The normalized spacial score (nSPS) is 11.7. The Bertz CT molecular complexity index is 472. The number of aromatic nitrogens is 1. The molecular weight excluding hydrogens is 265 g/mol. The summed E-state index contributed by atoms with van der Waals surface area (Å²) in [5.41, 5.74) is -2.66. The van der Waals surface area contributed by atoms with E-state index in [9.17, 15) is 26.7 Å². The maximum Gasteiger partial charge on any atom is 0.573 e. The molecule has 9 heteroatoms. The van der Waals surface area contributed by atoms with Gasteiger partial charge in [0.15, 0.2) is 5.75 Å². The summed E-state index contributed by atoms with van der Waals surface area (Å²) in [5, 5.41) is 8.71. The van der Waals surface area contributed by atoms with Crippen LogP contribution in [0.5, 0.6) is 5.75 Å². The van der Waals surface area contributed by atoms with Gasteiger partial charge in [-0.3, -0.25) is 4.98 Å². The molecule has 0 aromatic carbocycles. The molecule has 0 aliphatic carbocycles. The van der Waals surface area contributed by atoms with Crippen LogP contribution in [0.3, 0.4) is 0 Å². The molecule has 100 valence electrons. The Labute approximate surface area is 97.0 Å². The number of alkyl halides is 5. The predicted molar refractivity (Wildman–Crippen MR) is 47.6 cm³/mol. The second-order valence-corrected chi connectivity index (χ2v) is 3.15. The van der Waals surface area contributed by atoms with Crippen LogP contribution < -0.4 is 4.74 Å². The number of ether oxygens (including phenoxy) is 1. The lowest BCUT2D eigenvalue weighted by Crippen LogP contribution is -2.20. The number of rotatable bonds is 3. The second kappa shape index (κ2) is 4.75. The Balaban J connectivity index is 3.44. The van der Waals surface area contributed by atoms with E-state index < -0.39 is 35.6 Å². The summed E-state index contributed by atoms with van der Waals surface area (Å²) in [4.78, 5) is 14.0. The van der Waals surface area contributed by atoms with E-state index in [4.69, 9.17) is 5.11 Å². The number of aryl methyl sites for hydroxylation is 1. The van der Waals surface area contributed by atoms with Gasteiger partial charge in [0.25, 0.3) is 6.43 Å². The van der Waals surface area contributed by atoms with E-state index in [1.54, 1.807) is 0 Å². The van der Waals surface area contributed by atoms with Crippen LogP contribution in [-0.2, 0) is 0 Å². The maximum absolute atomic E-state index is 12.7. The van der Waals surface area contributed by atoms with Crippen molar-refractivity contribution in [2.45, 2.75) is 19.7 Å². The van der Waals surface area contributed by atoms with Crippen LogP contribution in [0.4, 0.5) is 22.0 Å². The molecule has 0 atom stereocenters. The minimum Gasteiger partial charge on any atom is -0.478 e. The summed E-state index contributed by atoms with van der Waals surface area (Å²) >= 11 is 0. The highest BCUT2D eigenvalue weighted by Crippen LogP contribution is 2.35. The monoisotopic (exact) mass is 271 g/mol. The fourth-order valence-electron chi connectivity index (χ4n) is 1.30. The van der Waals surface area contributed by atoms with Crippen LogP contribution in [-0.4, -0.2) is 22.4 Å². The predicted octanol–water partition coefficient (Wildman–Crippen LogP) is 2.92. The number of halogens is 5. The van der Waals surface area contributed by atoms with Gasteiger partial charge in [-0.15, -0.1) is 13.2 Å². The van der Waals surface area contributed by atoms with Crippen molar-refractivity contribution in [1.29, 1.82) is 0 Å². The van der Waals surface area contributed by atoms with E-state index in [0.717, 1.165) is 6.92 Å². The molecule has 0 saturated carbocycles. The van der Waals surface area contributed by atoms with E-state index in [1.165, 1.54) is 0 Å². The Kier molecular flexibility index (Phi) is 3.73. The number of hydrogen-bond acceptors (Lipinski definition) is 3. The highest BCUT2D eigenvalue weighted by molar-refractivity contribution is 5.91. The first kappa shape index (κ1) is 14.1. The van der Waals surface area contributed by atoms with Gasteiger partial charge in [-0.25, -0.2) is 13.6 Å². The minimum absolute atomic E-state index is 0.327. The highest BCUT2D eigenvalue weighted by Gasteiger charge is 2.35. The molecule has 1 aromatic rings. The zero-order valence-corrected chi connectivity index (χ0v) is 8.76. The molecular formula is C9H6F5NO3. The molecule has 0 spiro atoms. The van der Waals surface area contributed by atoms with Gasteiger partial charge < -0.3 is 9.84 Å². The third kappa shape index (κ3) is 3.05. The highest BCUT2D eigenvalue weighted by atomic mass is 19.4. The number of carbonyl (C=O) groups is 1. The number of pyridine rings is 1. The minimum atomic E-state index is -5.21. The van der Waals surface area contributed by atoms with Gasteiger partial charge in [0.2, 0.25) is 0 Å². The molecule has 1 aromatic heterocycles. The lowest BCUT2D eigenvalue weighted by atomic mass is 10.1. The quantitative estimate of drug-likeness (QED) is 0.859. The Morgan fingerprint density at radius 3 is 2.39 bits per heavy atom. The lowest BCUT2D eigenvalue weighted by molar-refractivity contribution is -0.275. The Morgan fingerprint density at radius 1 is 1.44 bits per heavy atom. The molecule has 0 unspecified atom stereocenters. The van der Waals surface area contributed by atoms with Crippen molar-refractivity contribution >= 4 is 5.97 Å². The molecule has 1 heterocycles. The maximum atomic E-state index is 12.7. The van der Waals surface area contributed by atoms with Crippen LogP contribution in [0.15, 0.2) is 6.20 Å². The Hall–Kier alpha value is -1.93. The summed E-state index contributed by atoms with van der Waals surface area (Å²) < 4.78 is 64.6. The largest absolute Gasteiger partial charge is 0.573 e. The molecule has 0 aliphatic heterocycles. The van der Waals surface area contributed by atoms with Crippen molar-refractivity contribution in [2.75, 3.05) is 0 Å². The van der Waals surface area contributed by atoms with E-state index in [2.05, 4.69) is 9.72 Å². The van der Waals surface area contributed by atoms with Gasteiger partial charge >= 0.3 is 12.3 Å². The van der Waals surface area contributed by atoms with Gasteiger partial charge in [-0.2, -0.15) is 0 Å². The summed E-state index contributed by atoms with van der Waals surface area (Å²) in [6.07, 6.45) is -8.23. The molecule has 0 amide bonds. The number of hydrogen-bond donors (Lipinski definition) is 1. The number of carboxylic acids is 1. The van der Waals surface area contributed by atoms with Crippen LogP contribution in [0, 0.1) is 6.92 Å². The van der Waals surface area contributed by atoms with Crippen molar-refractivity contribution < 1.29 is 36.6 Å². The van der Waals surface area contributed by atoms with Crippen molar-refractivity contribution in [3.05, 3.63) is 23.0 Å². The first-order chi connectivity index (χ1) is 8.13. The summed E-state index contributed by atoms with van der Waals surface area (Å²) in [6.45, 7) is 1.09. The number of nitrogens with zero attached hydrogens (tertiary/aromatic N) is 1. The smallest absolute Gasteiger partial charge is 0.478 e. The molecule has 0 bridgehead atoms. The van der Waals surface area contributed by atoms with Crippen molar-refractivity contribution in [3.63, 3.8) is 0 Å². The standard InChI is InChI=1S/C9H6F5NO3/c1-3-5(8(16)17)6(7(10)11)4(2-15-3)18-9(12,13)14/h2,7H,1H3,(H,16,17). The van der Waals surface area contributed by atoms with Crippen LogP contribution in [0.2, 0.25) is 0 Å². The van der Waals surface area contributed by atoms with Gasteiger partial charge in [-0.05, 0) is 6.92 Å². The molecule has 1 N–H and O–H groups in total. The molecule has 0 saturated heterocycles. The van der Waals surface area contributed by atoms with Crippen LogP contribution >= 0.6 is 0 Å². The van der Waals surface area contributed by atoms with Crippen LogP contribution in [0.1, 0.15) is 28.0 Å². The third-order valence-corrected chi connectivity index (χ3v) is 1.93.